The van der Waals surface area contributed by atoms with E-state index in [0.29, 0.717) is 0 Å². The van der Waals surface area contributed by atoms with E-state index in [2.05, 4.69) is 205 Å². The predicted molar refractivity (Wildman–Crippen MR) is 227 cm³/mol. The molecule has 0 unspecified atom stereocenters. The first kappa shape index (κ1) is 52.8. The van der Waals surface area contributed by atoms with Crippen LogP contribution >= 0.6 is 0 Å². The second kappa shape index (κ2) is 17.3. The minimum Gasteiger partial charge on any atom is -1.00 e. The van der Waals surface area contributed by atoms with Gasteiger partial charge in [0, 0.05) is 0 Å². The number of aryl methyl sites for hydroxylation is 2. The Kier molecular flexibility index (Phi) is 17.0. The Balaban J connectivity index is 0.00000702. The maximum Gasteiger partial charge on any atom is 4.00 e. The van der Waals surface area contributed by atoms with Gasteiger partial charge < -0.3 is 37.2 Å². The first-order valence-corrected chi connectivity index (χ1v) is 21.1. The molecule has 5 heteroatoms. The fraction of sp³-hybridized carbons (Fsp3) is 0.531. The molecule has 0 saturated heterocycles. The van der Waals surface area contributed by atoms with Gasteiger partial charge in [-0.05, 0) is 65.9 Å². The number of hydrogen-bond acceptors (Lipinski definition) is 0. The Bertz CT molecular complexity index is 1570. The molecular formula is C49H71Cl3SiTi. The molecule has 0 aliphatic heterocycles. The van der Waals surface area contributed by atoms with E-state index in [1.165, 1.54) is 60.1 Å². The molecule has 0 N–H and O–H groups in total. The second-order valence-corrected chi connectivity index (χ2v) is 25.5. The van der Waals surface area contributed by atoms with Crippen molar-refractivity contribution in [3.63, 3.8) is 0 Å². The molecule has 0 nitrogen and oxygen atoms in total. The van der Waals surface area contributed by atoms with Crippen LogP contribution in [0, 0.1) is 13.8 Å². The van der Waals surface area contributed by atoms with Crippen molar-refractivity contribution in [1.29, 1.82) is 0 Å². The Morgan fingerprint density at radius 1 is 0.333 bits per heavy atom. The molecule has 0 spiro atoms. The maximum absolute atomic E-state index is 3.00. The summed E-state index contributed by atoms with van der Waals surface area (Å²) in [6.07, 6.45) is 0. The molecule has 54 heavy (non-hydrogen) atoms. The van der Waals surface area contributed by atoms with Crippen molar-refractivity contribution in [2.45, 2.75) is 171 Å². The van der Waals surface area contributed by atoms with E-state index >= 15 is 0 Å². The third-order valence-electron chi connectivity index (χ3n) is 11.0. The first-order chi connectivity index (χ1) is 22.4. The standard InChI is InChI=1S/C49H71Si.3ClH.Ti/c1-32-21-22-33(2)43(32)50(40-26-34(44(3,4)5)23-35(27-40)45(6,7)8,41-28-36(46(9,10)11)24-37(29-41)47(12,13)14)42-30-38(48(15,16)17)25-39(31-42)49(18,19)20;;;;/h21-31H,1-20H3;3*1H;/q-1;;;;+4/p-3. The molecular weight excluding hydrogens is 771 g/mol. The van der Waals surface area contributed by atoms with E-state index in [-0.39, 0.29) is 91.4 Å². The van der Waals surface area contributed by atoms with Crippen LogP contribution in [-0.4, -0.2) is 8.07 Å². The quantitative estimate of drug-likeness (QED) is 0.168. The fourth-order valence-corrected chi connectivity index (χ4v) is 12.8. The van der Waals surface area contributed by atoms with Gasteiger partial charge in [-0.15, -0.1) is 5.19 Å². The first-order valence-electron chi connectivity index (χ1n) is 19.1. The van der Waals surface area contributed by atoms with Crippen LogP contribution in [-0.2, 0) is 54.2 Å². The van der Waals surface area contributed by atoms with Crippen molar-refractivity contribution in [3.05, 3.63) is 111 Å². The largest absolute Gasteiger partial charge is 4.00 e. The van der Waals surface area contributed by atoms with Gasteiger partial charge in [0.1, 0.15) is 8.07 Å². The van der Waals surface area contributed by atoms with Crippen LogP contribution in [0.5, 0.6) is 0 Å². The molecule has 0 bridgehead atoms. The average Bonchev–Trinajstić information content (AvgIpc) is 3.28. The van der Waals surface area contributed by atoms with Gasteiger partial charge in [0.05, 0.1) is 0 Å². The maximum atomic E-state index is 2.63. The summed E-state index contributed by atoms with van der Waals surface area (Å²) in [5.74, 6) is 0. The summed E-state index contributed by atoms with van der Waals surface area (Å²) in [7, 11) is -3.00. The van der Waals surface area contributed by atoms with Gasteiger partial charge in [-0.2, -0.15) is 11.1 Å². The molecule has 0 heterocycles. The van der Waals surface area contributed by atoms with E-state index in [9.17, 15) is 0 Å². The van der Waals surface area contributed by atoms with Gasteiger partial charge in [0.25, 0.3) is 0 Å². The normalized spacial score (nSPS) is 13.0. The Labute approximate surface area is 367 Å². The van der Waals surface area contributed by atoms with Crippen LogP contribution in [0.3, 0.4) is 0 Å². The van der Waals surface area contributed by atoms with E-state index < -0.39 is 8.07 Å². The molecule has 4 aromatic carbocycles. The Morgan fingerprint density at radius 3 is 0.648 bits per heavy atom. The minimum absolute atomic E-state index is 0. The zero-order chi connectivity index (χ0) is 38.2. The summed E-state index contributed by atoms with van der Waals surface area (Å²) in [6, 6.07) is 28.1. The van der Waals surface area contributed by atoms with Crippen molar-refractivity contribution in [2.75, 3.05) is 0 Å². The summed E-state index contributed by atoms with van der Waals surface area (Å²) in [4.78, 5) is 0. The van der Waals surface area contributed by atoms with Gasteiger partial charge in [0.2, 0.25) is 0 Å². The minimum atomic E-state index is -3.00. The van der Waals surface area contributed by atoms with Crippen LogP contribution in [0.1, 0.15) is 169 Å². The smallest absolute Gasteiger partial charge is 1.00 e. The molecule has 0 aliphatic carbocycles. The van der Waals surface area contributed by atoms with Crippen molar-refractivity contribution in [1.82, 2.24) is 0 Å². The van der Waals surface area contributed by atoms with Crippen LogP contribution in [0.4, 0.5) is 0 Å². The molecule has 0 fully saturated rings. The van der Waals surface area contributed by atoms with E-state index in [1.807, 2.05) is 0 Å². The van der Waals surface area contributed by atoms with Gasteiger partial charge in [-0.25, -0.2) is 12.1 Å². The van der Waals surface area contributed by atoms with Crippen LogP contribution in [0.2, 0.25) is 0 Å². The van der Waals surface area contributed by atoms with E-state index in [4.69, 9.17) is 0 Å². The number of halogens is 3. The summed E-state index contributed by atoms with van der Waals surface area (Å²) in [5.41, 5.74) is 11.3. The molecule has 4 aromatic rings. The molecule has 0 radical (unpaired) electrons. The van der Waals surface area contributed by atoms with E-state index in [1.54, 1.807) is 5.19 Å². The molecule has 0 atom stereocenters. The van der Waals surface area contributed by atoms with Gasteiger partial charge >= 0.3 is 21.7 Å². The molecule has 296 valence electrons. The third kappa shape index (κ3) is 10.8. The van der Waals surface area contributed by atoms with Crippen LogP contribution < -0.4 is 58.0 Å². The van der Waals surface area contributed by atoms with Crippen molar-refractivity contribution < 1.29 is 58.9 Å². The zero-order valence-electron chi connectivity index (χ0n) is 37.5. The van der Waals surface area contributed by atoms with Gasteiger partial charge in [-0.1, -0.05) is 209 Å². The van der Waals surface area contributed by atoms with Crippen molar-refractivity contribution in [3.8, 4) is 0 Å². The SMILES string of the molecule is Cc1ccc(C)[c-]1[Si](c1cc(C(C)(C)C)cc(C(C)(C)C)c1)(c1cc(C(C)(C)C)cc(C(C)(C)C)c1)c1cc(C(C)(C)C)cc(C(C)(C)C)c1.[Cl-].[Cl-].[Cl-].[Ti+4]. The van der Waals surface area contributed by atoms with Crippen molar-refractivity contribution in [2.24, 2.45) is 0 Å². The molecule has 0 amide bonds. The number of hydrogen-bond donors (Lipinski definition) is 0. The fourth-order valence-electron chi connectivity index (χ4n) is 7.38. The third-order valence-corrected chi connectivity index (χ3v) is 16.0. The summed E-state index contributed by atoms with van der Waals surface area (Å²) < 4.78 is 0. The summed E-state index contributed by atoms with van der Waals surface area (Å²) in [5, 5.41) is 6.07. The Morgan fingerprint density at radius 2 is 0.500 bits per heavy atom. The topological polar surface area (TPSA) is 0 Å². The predicted octanol–water partition coefficient (Wildman–Crippen LogP) is 2.19. The molecule has 0 saturated carbocycles. The van der Waals surface area contributed by atoms with Gasteiger partial charge in [0.15, 0.2) is 0 Å². The van der Waals surface area contributed by atoms with Gasteiger partial charge in [-0.3, -0.25) is 0 Å². The number of benzene rings is 3. The zero-order valence-corrected chi connectivity index (χ0v) is 42.3. The monoisotopic (exact) mass is 840 g/mol. The molecule has 0 aromatic heterocycles. The average molecular weight is 842 g/mol. The number of rotatable bonds is 4. The van der Waals surface area contributed by atoms with Crippen LogP contribution in [0.25, 0.3) is 0 Å². The molecule has 0 aliphatic rings. The molecule has 4 rings (SSSR count). The second-order valence-electron chi connectivity index (χ2n) is 21.7. The summed E-state index contributed by atoms with van der Waals surface area (Å²) >= 11 is 0. The van der Waals surface area contributed by atoms with E-state index in [0.717, 1.165) is 0 Å². The van der Waals surface area contributed by atoms with Crippen molar-refractivity contribution >= 4 is 28.8 Å². The van der Waals surface area contributed by atoms with Crippen LogP contribution in [0.15, 0.2) is 66.7 Å². The summed E-state index contributed by atoms with van der Waals surface area (Å²) in [6.45, 7) is 47.7. The Hall–Kier alpha value is -1.19.